The molecule has 3 aromatic carbocycles. The molecule has 0 aliphatic carbocycles. The predicted molar refractivity (Wildman–Crippen MR) is 170 cm³/mol. The van der Waals surface area contributed by atoms with Gasteiger partial charge in [-0.15, -0.1) is 0 Å². The number of benzene rings is 3. The number of hydrogen-bond acceptors (Lipinski definition) is 7. The van der Waals surface area contributed by atoms with Crippen LogP contribution >= 0.6 is 23.2 Å². The summed E-state index contributed by atoms with van der Waals surface area (Å²) in [6.07, 6.45) is 0.654. The van der Waals surface area contributed by atoms with Crippen LogP contribution in [0.2, 0.25) is 10.0 Å². The van der Waals surface area contributed by atoms with Gasteiger partial charge in [-0.2, -0.15) is 0 Å². The molecule has 3 rings (SSSR count). The number of aryl methyl sites for hydroxylation is 1. The first-order valence-electron chi connectivity index (χ1n) is 13.6. The topological polar surface area (TPSA) is 139 Å². The minimum Gasteiger partial charge on any atom is -0.497 e. The Balaban J connectivity index is 2.11. The second kappa shape index (κ2) is 14.7. The number of carbonyl (C=O) groups is 2. The predicted octanol–water partition coefficient (Wildman–Crippen LogP) is 5.75. The zero-order chi connectivity index (χ0) is 32.8. The van der Waals surface area contributed by atoms with Crippen molar-refractivity contribution in [2.45, 2.75) is 57.6 Å². The van der Waals surface area contributed by atoms with Gasteiger partial charge in [0, 0.05) is 34.3 Å². The van der Waals surface area contributed by atoms with Crippen LogP contribution < -0.4 is 14.4 Å². The van der Waals surface area contributed by atoms with Gasteiger partial charge in [-0.1, -0.05) is 42.3 Å². The van der Waals surface area contributed by atoms with Gasteiger partial charge in [-0.3, -0.25) is 24.0 Å². The summed E-state index contributed by atoms with van der Waals surface area (Å²) in [6.45, 7) is 5.89. The smallest absolute Gasteiger partial charge is 0.273 e. The Hall–Kier alpha value is -3.87. The van der Waals surface area contributed by atoms with Crippen molar-refractivity contribution in [3.8, 4) is 5.75 Å². The SMILES string of the molecule is CC[C@@H](C)NC(=O)[C@@H](C)N(Cc1ccc(Cl)cc1Cl)C(=O)CN(c1ccc(OC)cc1)S(=O)(=O)c1ccc(C)c([N+](=O)[O-])c1. The molecule has 0 radical (unpaired) electrons. The molecule has 0 bridgehead atoms. The van der Waals surface area contributed by atoms with Gasteiger partial charge < -0.3 is 15.0 Å². The number of nitro groups is 1. The van der Waals surface area contributed by atoms with E-state index in [-0.39, 0.29) is 39.4 Å². The maximum Gasteiger partial charge on any atom is 0.273 e. The minimum absolute atomic E-state index is 0.101. The van der Waals surface area contributed by atoms with Gasteiger partial charge in [0.05, 0.1) is 22.6 Å². The highest BCUT2D eigenvalue weighted by Crippen LogP contribution is 2.30. The number of sulfonamides is 1. The average molecular weight is 666 g/mol. The number of nitrogens with one attached hydrogen (secondary N) is 1. The molecule has 44 heavy (non-hydrogen) atoms. The number of methoxy groups -OCH3 is 1. The number of amides is 2. The van der Waals surface area contributed by atoms with Crippen molar-refractivity contribution in [1.82, 2.24) is 10.2 Å². The number of carbonyl (C=O) groups excluding carboxylic acids is 2. The highest BCUT2D eigenvalue weighted by molar-refractivity contribution is 7.92. The van der Waals surface area contributed by atoms with E-state index in [1.165, 1.54) is 68.3 Å². The number of anilines is 1. The fourth-order valence-corrected chi connectivity index (χ4v) is 6.14. The van der Waals surface area contributed by atoms with Crippen LogP contribution in [0.25, 0.3) is 0 Å². The standard InChI is InChI=1S/C30H34Cl2N4O7S/c1-6-20(3)33-30(38)21(4)34(17-22-8-9-23(31)15-27(22)32)29(37)18-35(24-10-12-25(43-5)13-11-24)44(41,42)26-14-7-19(2)28(16-26)36(39)40/h7-16,20-21H,6,17-18H2,1-5H3,(H,33,38)/t20-,21-/m1/s1. The van der Waals surface area contributed by atoms with Crippen LogP contribution in [0, 0.1) is 17.0 Å². The van der Waals surface area contributed by atoms with Crippen molar-refractivity contribution < 1.29 is 27.7 Å². The molecule has 0 spiro atoms. The zero-order valence-electron chi connectivity index (χ0n) is 24.9. The number of rotatable bonds is 13. The Morgan fingerprint density at radius 3 is 2.27 bits per heavy atom. The summed E-state index contributed by atoms with van der Waals surface area (Å²) >= 11 is 12.5. The molecule has 0 unspecified atom stereocenters. The van der Waals surface area contributed by atoms with Gasteiger partial charge in [-0.25, -0.2) is 8.42 Å². The Morgan fingerprint density at radius 1 is 1.05 bits per heavy atom. The van der Waals surface area contributed by atoms with E-state index in [9.17, 15) is 28.1 Å². The normalized spacial score (nSPS) is 12.6. The first-order valence-corrected chi connectivity index (χ1v) is 15.8. The minimum atomic E-state index is -4.53. The highest BCUT2D eigenvalue weighted by atomic mass is 35.5. The number of nitro benzene ring substituents is 1. The van der Waals surface area contributed by atoms with Gasteiger partial charge >= 0.3 is 0 Å². The number of nitrogens with zero attached hydrogens (tertiary/aromatic N) is 3. The molecule has 236 valence electrons. The molecule has 0 aliphatic rings. The molecule has 0 aliphatic heterocycles. The number of halogens is 2. The number of hydrogen-bond donors (Lipinski definition) is 1. The molecule has 0 saturated heterocycles. The van der Waals surface area contributed by atoms with Crippen LogP contribution in [0.5, 0.6) is 5.75 Å². The quantitative estimate of drug-likeness (QED) is 0.181. The van der Waals surface area contributed by atoms with Gasteiger partial charge in [0.1, 0.15) is 18.3 Å². The molecule has 3 aromatic rings. The zero-order valence-corrected chi connectivity index (χ0v) is 27.2. The summed E-state index contributed by atoms with van der Waals surface area (Å²) in [5.74, 6) is -0.715. The third kappa shape index (κ3) is 8.19. The van der Waals surface area contributed by atoms with E-state index in [2.05, 4.69) is 5.32 Å². The van der Waals surface area contributed by atoms with Crippen molar-refractivity contribution in [2.24, 2.45) is 0 Å². The van der Waals surface area contributed by atoms with Crippen LogP contribution in [0.3, 0.4) is 0 Å². The van der Waals surface area contributed by atoms with Gasteiger partial charge in [0.25, 0.3) is 15.7 Å². The summed E-state index contributed by atoms with van der Waals surface area (Å²) in [5.41, 5.74) is 0.471. The van der Waals surface area contributed by atoms with E-state index >= 15 is 0 Å². The van der Waals surface area contributed by atoms with E-state index in [1.807, 2.05) is 13.8 Å². The largest absolute Gasteiger partial charge is 0.497 e. The monoisotopic (exact) mass is 664 g/mol. The molecule has 0 aromatic heterocycles. The van der Waals surface area contributed by atoms with Gasteiger partial charge in [0.15, 0.2) is 0 Å². The number of ether oxygens (including phenoxy) is 1. The van der Waals surface area contributed by atoms with Crippen molar-refractivity contribution in [2.75, 3.05) is 18.0 Å². The lowest BCUT2D eigenvalue weighted by atomic mass is 10.1. The molecule has 14 heteroatoms. The summed E-state index contributed by atoms with van der Waals surface area (Å²) in [5, 5.41) is 15.1. The molecular weight excluding hydrogens is 631 g/mol. The van der Waals surface area contributed by atoms with Crippen LogP contribution in [-0.2, 0) is 26.2 Å². The Bertz CT molecular complexity index is 1630. The van der Waals surface area contributed by atoms with Crippen molar-refractivity contribution in [3.05, 3.63) is 92.0 Å². The Labute approximate surface area is 266 Å². The maximum atomic E-state index is 14.1. The van der Waals surface area contributed by atoms with E-state index in [0.29, 0.717) is 22.8 Å². The summed E-state index contributed by atoms with van der Waals surface area (Å²) < 4.78 is 34.2. The third-order valence-corrected chi connectivity index (χ3v) is 9.49. The van der Waals surface area contributed by atoms with Crippen molar-refractivity contribution in [1.29, 1.82) is 0 Å². The molecule has 0 saturated carbocycles. The van der Waals surface area contributed by atoms with Crippen LogP contribution in [0.15, 0.2) is 65.6 Å². The second-order valence-corrected chi connectivity index (χ2v) is 12.9. The third-order valence-electron chi connectivity index (χ3n) is 7.13. The lowest BCUT2D eigenvalue weighted by Crippen LogP contribution is -2.52. The molecule has 0 heterocycles. The lowest BCUT2D eigenvalue weighted by Gasteiger charge is -2.32. The van der Waals surface area contributed by atoms with Crippen LogP contribution in [0.1, 0.15) is 38.3 Å². The fraction of sp³-hybridized carbons (Fsp3) is 0.333. The van der Waals surface area contributed by atoms with E-state index in [4.69, 9.17) is 27.9 Å². The molecule has 0 fully saturated rings. The van der Waals surface area contributed by atoms with Crippen molar-refractivity contribution in [3.63, 3.8) is 0 Å². The molecule has 11 nitrogen and oxygen atoms in total. The Morgan fingerprint density at radius 2 is 1.70 bits per heavy atom. The first-order chi connectivity index (χ1) is 20.7. The van der Waals surface area contributed by atoms with E-state index in [1.54, 1.807) is 12.1 Å². The first kappa shape index (κ1) is 34.6. The van der Waals surface area contributed by atoms with Crippen LogP contribution in [-0.4, -0.2) is 55.8 Å². The fourth-order valence-electron chi connectivity index (χ4n) is 4.23. The molecule has 2 amide bonds. The summed E-state index contributed by atoms with van der Waals surface area (Å²) in [7, 11) is -3.09. The van der Waals surface area contributed by atoms with E-state index < -0.39 is 39.3 Å². The summed E-state index contributed by atoms with van der Waals surface area (Å²) in [6, 6.07) is 13.0. The average Bonchev–Trinajstić information content (AvgIpc) is 2.98. The molecule has 1 N–H and O–H groups in total. The van der Waals surface area contributed by atoms with Crippen molar-refractivity contribution >= 4 is 56.4 Å². The highest BCUT2D eigenvalue weighted by Gasteiger charge is 2.34. The van der Waals surface area contributed by atoms with Gasteiger partial charge in [-0.05, 0) is 75.2 Å². The Kier molecular flexibility index (Phi) is 11.6. The maximum absolute atomic E-state index is 14.1. The van der Waals surface area contributed by atoms with Crippen LogP contribution in [0.4, 0.5) is 11.4 Å². The molecule has 2 atom stereocenters. The lowest BCUT2D eigenvalue weighted by molar-refractivity contribution is -0.385. The van der Waals surface area contributed by atoms with Gasteiger partial charge in [0.2, 0.25) is 11.8 Å². The summed E-state index contributed by atoms with van der Waals surface area (Å²) in [4.78, 5) is 39.1. The van der Waals surface area contributed by atoms with E-state index in [0.717, 1.165) is 10.4 Å². The molecular formula is C30H34Cl2N4O7S. The second-order valence-electron chi connectivity index (χ2n) is 10.2.